The van der Waals surface area contributed by atoms with E-state index in [9.17, 15) is 4.79 Å². The Morgan fingerprint density at radius 3 is 2.83 bits per heavy atom. The van der Waals surface area contributed by atoms with Gasteiger partial charge in [-0.05, 0) is 13.3 Å². The molecule has 0 bridgehead atoms. The molecule has 0 spiro atoms. The average molecular weight is 367 g/mol. The molecule has 0 saturated carbocycles. The molecule has 2 heterocycles. The van der Waals surface area contributed by atoms with E-state index in [1.807, 2.05) is 12.3 Å². The second kappa shape index (κ2) is 8.84. The van der Waals surface area contributed by atoms with Crippen molar-refractivity contribution in [3.8, 4) is 0 Å². The van der Waals surface area contributed by atoms with E-state index in [0.29, 0.717) is 5.13 Å². The van der Waals surface area contributed by atoms with Crippen LogP contribution in [0.3, 0.4) is 0 Å². The number of thiazole rings is 1. The number of aromatic amines is 1. The number of rotatable bonds is 8. The first-order valence-electron chi connectivity index (χ1n) is 7.70. The average Bonchev–Trinajstić information content (AvgIpc) is 2.94. The molecule has 0 saturated heterocycles. The van der Waals surface area contributed by atoms with Crippen molar-refractivity contribution in [3.05, 3.63) is 38.5 Å². The minimum atomic E-state index is -0.102. The highest BCUT2D eigenvalue weighted by Gasteiger charge is 2.07. The molecule has 130 valence electrons. The Bertz CT molecular complexity index is 764. The zero-order valence-corrected chi connectivity index (χ0v) is 15.5. The summed E-state index contributed by atoms with van der Waals surface area (Å²) < 4.78 is 0. The number of hydrogen-bond acceptors (Lipinski definition) is 6. The smallest absolute Gasteiger partial charge is 0.276 e. The van der Waals surface area contributed by atoms with E-state index in [2.05, 4.69) is 26.9 Å². The number of guanidine groups is 1. The lowest BCUT2D eigenvalue weighted by Gasteiger charge is -2.06. The van der Waals surface area contributed by atoms with Gasteiger partial charge in [-0.15, -0.1) is 11.3 Å². The van der Waals surface area contributed by atoms with Crippen LogP contribution in [-0.4, -0.2) is 26.7 Å². The normalized spacial score (nSPS) is 10.8. The molecule has 2 aromatic heterocycles. The van der Waals surface area contributed by atoms with Gasteiger partial charge in [0.05, 0.1) is 5.69 Å². The molecule has 24 heavy (non-hydrogen) atoms. The fourth-order valence-corrected chi connectivity index (χ4v) is 3.85. The summed E-state index contributed by atoms with van der Waals surface area (Å²) in [6.07, 6.45) is 2.43. The van der Waals surface area contributed by atoms with Crippen LogP contribution in [0, 0.1) is 6.92 Å². The summed E-state index contributed by atoms with van der Waals surface area (Å²) in [4.78, 5) is 27.7. The molecular weight excluding hydrogens is 344 g/mol. The van der Waals surface area contributed by atoms with Gasteiger partial charge in [-0.1, -0.05) is 13.3 Å². The summed E-state index contributed by atoms with van der Waals surface area (Å²) in [5, 5.41) is 2.51. The summed E-state index contributed by atoms with van der Waals surface area (Å²) in [6.45, 7) is 3.99. The number of nitrogens with one attached hydrogen (secondary N) is 1. The maximum Gasteiger partial charge on any atom is 0.276 e. The Morgan fingerprint density at radius 1 is 1.38 bits per heavy atom. The summed E-state index contributed by atoms with van der Waals surface area (Å²) in [7, 11) is 0. The fraction of sp³-hybridized carbons (Fsp3) is 0.467. The van der Waals surface area contributed by atoms with Crippen molar-refractivity contribution >= 4 is 34.2 Å². The zero-order valence-electron chi connectivity index (χ0n) is 13.8. The maximum absolute atomic E-state index is 12.0. The van der Waals surface area contributed by atoms with Gasteiger partial charge in [0, 0.05) is 34.6 Å². The Hall–Kier alpha value is -1.87. The van der Waals surface area contributed by atoms with Gasteiger partial charge in [0.15, 0.2) is 5.96 Å². The number of aryl methyl sites for hydroxylation is 2. The van der Waals surface area contributed by atoms with Crippen LogP contribution >= 0.6 is 23.1 Å². The number of H-pyrrole nitrogens is 1. The van der Waals surface area contributed by atoms with Gasteiger partial charge in [-0.3, -0.25) is 4.79 Å². The molecular formula is C15H22N6OS2. The molecule has 9 heteroatoms. The van der Waals surface area contributed by atoms with Crippen molar-refractivity contribution in [3.63, 3.8) is 0 Å². The number of thioether (sulfide) groups is 1. The van der Waals surface area contributed by atoms with Crippen LogP contribution in [-0.2, 0) is 18.6 Å². The zero-order chi connectivity index (χ0) is 17.5. The number of hydrogen-bond donors (Lipinski definition) is 3. The summed E-state index contributed by atoms with van der Waals surface area (Å²) in [5.74, 6) is 2.38. The van der Waals surface area contributed by atoms with Crippen molar-refractivity contribution in [1.82, 2.24) is 15.0 Å². The first-order chi connectivity index (χ1) is 11.5. The summed E-state index contributed by atoms with van der Waals surface area (Å²) in [5.41, 5.74) is 13.2. The van der Waals surface area contributed by atoms with Crippen molar-refractivity contribution < 1.29 is 0 Å². The number of aromatic nitrogens is 3. The monoisotopic (exact) mass is 366 g/mol. The van der Waals surface area contributed by atoms with Gasteiger partial charge in [-0.25, -0.2) is 4.98 Å². The highest BCUT2D eigenvalue weighted by Crippen LogP contribution is 2.21. The standard InChI is InChI=1S/C15H22N6OS2/c1-3-4-11-9(2)18-12(20-13(11)22)5-6-23-7-10-8-24-15(19-10)21-14(16)17/h8H,3-7H2,1-2H3,(H,18,20,22)(H4,16,17,19,21). The van der Waals surface area contributed by atoms with Gasteiger partial charge in [-0.2, -0.15) is 21.7 Å². The molecule has 0 aliphatic heterocycles. The van der Waals surface area contributed by atoms with Crippen LogP contribution in [0.5, 0.6) is 0 Å². The Balaban J connectivity index is 1.85. The Labute approximate surface area is 149 Å². The van der Waals surface area contributed by atoms with Gasteiger partial charge >= 0.3 is 0 Å². The minimum absolute atomic E-state index is 0.0143. The van der Waals surface area contributed by atoms with Crippen molar-refractivity contribution in [1.29, 1.82) is 0 Å². The predicted octanol–water partition coefficient (Wildman–Crippen LogP) is 1.87. The third-order valence-corrected chi connectivity index (χ3v) is 5.05. The fourth-order valence-electron chi connectivity index (χ4n) is 2.20. The van der Waals surface area contributed by atoms with Gasteiger partial charge in [0.25, 0.3) is 5.56 Å². The molecule has 0 aromatic carbocycles. The molecule has 0 atom stereocenters. The minimum Gasteiger partial charge on any atom is -0.370 e. The third kappa shape index (κ3) is 5.34. The number of aliphatic imine (C=N–C) groups is 1. The van der Waals surface area contributed by atoms with E-state index >= 15 is 0 Å². The largest absolute Gasteiger partial charge is 0.370 e. The summed E-state index contributed by atoms with van der Waals surface area (Å²) >= 11 is 3.14. The van der Waals surface area contributed by atoms with Crippen LogP contribution in [0.4, 0.5) is 5.13 Å². The molecule has 0 unspecified atom stereocenters. The molecule has 0 fully saturated rings. The molecule has 7 nitrogen and oxygen atoms in total. The third-order valence-electron chi connectivity index (χ3n) is 3.28. The van der Waals surface area contributed by atoms with Crippen molar-refractivity contribution in [2.75, 3.05) is 5.75 Å². The first kappa shape index (κ1) is 18.5. The molecule has 2 aromatic rings. The maximum atomic E-state index is 12.0. The van der Waals surface area contributed by atoms with Crippen LogP contribution in [0.2, 0.25) is 0 Å². The van der Waals surface area contributed by atoms with Crippen molar-refractivity contribution in [2.45, 2.75) is 38.9 Å². The second-order valence-corrected chi connectivity index (χ2v) is 7.24. The van der Waals surface area contributed by atoms with Gasteiger partial charge in [0.2, 0.25) is 5.13 Å². The Kier molecular flexibility index (Phi) is 6.80. The Morgan fingerprint density at radius 2 is 2.17 bits per heavy atom. The van der Waals surface area contributed by atoms with E-state index in [1.165, 1.54) is 11.3 Å². The van der Waals surface area contributed by atoms with Crippen LogP contribution in [0.25, 0.3) is 0 Å². The molecule has 2 rings (SSSR count). The van der Waals surface area contributed by atoms with Crippen LogP contribution < -0.4 is 17.0 Å². The lowest BCUT2D eigenvalue weighted by Crippen LogP contribution is -2.21. The van der Waals surface area contributed by atoms with Gasteiger partial charge in [0.1, 0.15) is 5.82 Å². The highest BCUT2D eigenvalue weighted by atomic mass is 32.2. The molecule has 0 amide bonds. The number of nitrogens with two attached hydrogens (primary N) is 2. The number of nitrogens with zero attached hydrogens (tertiary/aromatic N) is 3. The predicted molar refractivity (Wildman–Crippen MR) is 101 cm³/mol. The summed E-state index contributed by atoms with van der Waals surface area (Å²) in [6, 6.07) is 0. The molecule has 5 N–H and O–H groups in total. The molecule has 0 radical (unpaired) electrons. The quantitative estimate of drug-likeness (QED) is 0.372. The van der Waals surface area contributed by atoms with Crippen LogP contribution in [0.1, 0.15) is 36.1 Å². The van der Waals surface area contributed by atoms with E-state index < -0.39 is 0 Å². The SMILES string of the molecule is CCCc1c(C)[nH]c(CCSCc2csc(N=C(N)N)n2)nc1=O. The van der Waals surface area contributed by atoms with Crippen LogP contribution in [0.15, 0.2) is 15.2 Å². The van der Waals surface area contributed by atoms with Crippen molar-refractivity contribution in [2.24, 2.45) is 16.5 Å². The first-order valence-corrected chi connectivity index (χ1v) is 9.73. The van der Waals surface area contributed by atoms with E-state index in [0.717, 1.165) is 53.5 Å². The molecule has 0 aliphatic rings. The van der Waals surface area contributed by atoms with E-state index in [4.69, 9.17) is 11.5 Å². The molecule has 0 aliphatic carbocycles. The highest BCUT2D eigenvalue weighted by molar-refractivity contribution is 7.98. The van der Waals surface area contributed by atoms with Gasteiger partial charge < -0.3 is 16.5 Å². The topological polar surface area (TPSA) is 123 Å². The lowest BCUT2D eigenvalue weighted by atomic mass is 10.1. The lowest BCUT2D eigenvalue weighted by molar-refractivity contribution is 0.828. The van der Waals surface area contributed by atoms with E-state index in [1.54, 1.807) is 11.8 Å². The van der Waals surface area contributed by atoms with E-state index in [-0.39, 0.29) is 11.5 Å². The second-order valence-electron chi connectivity index (χ2n) is 5.30.